The number of hydrogen-bond donors (Lipinski definition) is 0. The summed E-state index contributed by atoms with van der Waals surface area (Å²) in [5.41, 5.74) is -1.42. The van der Waals surface area contributed by atoms with Gasteiger partial charge in [0.2, 0.25) is 0 Å². The second-order valence-corrected chi connectivity index (χ2v) is 4.27. The summed E-state index contributed by atoms with van der Waals surface area (Å²) in [7, 11) is 0. The maximum atomic E-state index is 12.2. The summed E-state index contributed by atoms with van der Waals surface area (Å²) >= 11 is 5.57. The minimum atomic E-state index is -1.42. The summed E-state index contributed by atoms with van der Waals surface area (Å²) in [6, 6.07) is 0. The van der Waals surface area contributed by atoms with Crippen molar-refractivity contribution in [1.29, 1.82) is 0 Å². The summed E-state index contributed by atoms with van der Waals surface area (Å²) in [5, 5.41) is 0. The molecule has 0 aromatic heterocycles. The molecule has 0 saturated carbocycles. The van der Waals surface area contributed by atoms with Crippen LogP contribution in [0, 0.1) is 17.3 Å². The van der Waals surface area contributed by atoms with Gasteiger partial charge in [-0.1, -0.05) is 12.2 Å². The molecular weight excluding hydrogens is 280 g/mol. The minimum absolute atomic E-state index is 0.0633. The van der Waals surface area contributed by atoms with Gasteiger partial charge in [0.05, 0.1) is 13.2 Å². The standard InChI is InChI=1S/C15H21ClO4/c1-4-7-10-15(11-8-9-12-16,13(17)19-5-2)14(18)20-6-3/h8-9H,5-6,10-12H2,1-3H3/b9-8-. The van der Waals surface area contributed by atoms with Crippen molar-refractivity contribution in [3.63, 3.8) is 0 Å². The van der Waals surface area contributed by atoms with Crippen molar-refractivity contribution in [3.8, 4) is 11.8 Å². The van der Waals surface area contributed by atoms with Crippen LogP contribution in [0.3, 0.4) is 0 Å². The molecule has 4 nitrogen and oxygen atoms in total. The first-order chi connectivity index (χ1) is 9.58. The average Bonchev–Trinajstić information content (AvgIpc) is 2.43. The lowest BCUT2D eigenvalue weighted by Gasteiger charge is -2.26. The third-order valence-electron chi connectivity index (χ3n) is 2.62. The molecular formula is C15H21ClO4. The van der Waals surface area contributed by atoms with E-state index in [0.29, 0.717) is 5.88 Å². The maximum absolute atomic E-state index is 12.2. The molecule has 0 unspecified atom stereocenters. The van der Waals surface area contributed by atoms with Crippen LogP contribution < -0.4 is 0 Å². The molecule has 0 N–H and O–H groups in total. The fourth-order valence-corrected chi connectivity index (χ4v) is 1.72. The Morgan fingerprint density at radius 2 is 1.70 bits per heavy atom. The third-order valence-corrected chi connectivity index (χ3v) is 2.80. The summed E-state index contributed by atoms with van der Waals surface area (Å²) < 4.78 is 10.1. The van der Waals surface area contributed by atoms with Crippen molar-refractivity contribution < 1.29 is 19.1 Å². The number of hydrogen-bond acceptors (Lipinski definition) is 4. The van der Waals surface area contributed by atoms with E-state index in [1.807, 2.05) is 0 Å². The number of rotatable bonds is 8. The predicted octanol–water partition coefficient (Wildman–Crippen LogP) is 2.70. The lowest BCUT2D eigenvalue weighted by molar-refractivity contribution is -0.171. The summed E-state index contributed by atoms with van der Waals surface area (Å²) in [6.45, 7) is 5.41. The molecule has 0 atom stereocenters. The van der Waals surface area contributed by atoms with E-state index >= 15 is 0 Å². The number of carbonyl (C=O) groups is 2. The first-order valence-electron chi connectivity index (χ1n) is 6.54. The van der Waals surface area contributed by atoms with Crippen LogP contribution in [-0.2, 0) is 19.1 Å². The second kappa shape index (κ2) is 10.3. The van der Waals surface area contributed by atoms with Crippen LogP contribution in [0.1, 0.15) is 33.6 Å². The number of alkyl halides is 1. The molecule has 0 heterocycles. The Kier molecular flexibility index (Phi) is 9.57. The second-order valence-electron chi connectivity index (χ2n) is 3.96. The van der Waals surface area contributed by atoms with E-state index < -0.39 is 17.4 Å². The number of esters is 2. The molecule has 0 radical (unpaired) electrons. The predicted molar refractivity (Wildman–Crippen MR) is 78.2 cm³/mol. The molecule has 5 heteroatoms. The van der Waals surface area contributed by atoms with Crippen molar-refractivity contribution in [3.05, 3.63) is 12.2 Å². The minimum Gasteiger partial charge on any atom is -0.465 e. The van der Waals surface area contributed by atoms with Crippen LogP contribution in [0.25, 0.3) is 0 Å². The van der Waals surface area contributed by atoms with Gasteiger partial charge in [0.15, 0.2) is 5.41 Å². The van der Waals surface area contributed by atoms with Gasteiger partial charge >= 0.3 is 11.9 Å². The zero-order chi connectivity index (χ0) is 15.4. The van der Waals surface area contributed by atoms with Crippen LogP contribution in [-0.4, -0.2) is 31.0 Å². The van der Waals surface area contributed by atoms with Gasteiger partial charge in [-0.15, -0.1) is 23.4 Å². The largest absolute Gasteiger partial charge is 0.465 e. The van der Waals surface area contributed by atoms with E-state index in [9.17, 15) is 9.59 Å². The smallest absolute Gasteiger partial charge is 0.324 e. The van der Waals surface area contributed by atoms with Gasteiger partial charge < -0.3 is 9.47 Å². The third kappa shape index (κ3) is 5.26. The Bertz CT molecular complexity index is 386. The Morgan fingerprint density at radius 3 is 2.10 bits per heavy atom. The van der Waals surface area contributed by atoms with Gasteiger partial charge in [-0.05, 0) is 27.2 Å². The highest BCUT2D eigenvalue weighted by molar-refractivity contribution is 6.18. The van der Waals surface area contributed by atoms with E-state index in [1.165, 1.54) is 0 Å². The molecule has 0 rings (SSSR count). The molecule has 0 saturated heterocycles. The number of carbonyl (C=O) groups excluding carboxylic acids is 2. The van der Waals surface area contributed by atoms with Crippen molar-refractivity contribution >= 4 is 23.5 Å². The van der Waals surface area contributed by atoms with Crippen LogP contribution >= 0.6 is 11.6 Å². The molecule has 112 valence electrons. The fraction of sp³-hybridized carbons (Fsp3) is 0.600. The van der Waals surface area contributed by atoms with Gasteiger partial charge in [0.25, 0.3) is 0 Å². The molecule has 0 aromatic rings. The van der Waals surface area contributed by atoms with Crippen molar-refractivity contribution in [2.45, 2.75) is 33.6 Å². The van der Waals surface area contributed by atoms with Crippen molar-refractivity contribution in [2.24, 2.45) is 5.41 Å². The molecule has 0 aliphatic carbocycles. The van der Waals surface area contributed by atoms with Gasteiger partial charge in [-0.2, -0.15) is 0 Å². The zero-order valence-electron chi connectivity index (χ0n) is 12.2. The summed E-state index contributed by atoms with van der Waals surface area (Å²) in [4.78, 5) is 24.4. The van der Waals surface area contributed by atoms with E-state index in [-0.39, 0.29) is 26.1 Å². The molecule has 0 spiro atoms. The van der Waals surface area contributed by atoms with Crippen LogP contribution in [0.5, 0.6) is 0 Å². The highest BCUT2D eigenvalue weighted by atomic mass is 35.5. The lowest BCUT2D eigenvalue weighted by Crippen LogP contribution is -2.41. The van der Waals surface area contributed by atoms with Gasteiger partial charge in [-0.3, -0.25) is 9.59 Å². The molecule has 0 fully saturated rings. The molecule has 20 heavy (non-hydrogen) atoms. The summed E-state index contributed by atoms with van der Waals surface area (Å²) in [6.07, 6.45) is 3.58. The zero-order valence-corrected chi connectivity index (χ0v) is 13.0. The van der Waals surface area contributed by atoms with E-state index in [4.69, 9.17) is 21.1 Å². The van der Waals surface area contributed by atoms with Crippen molar-refractivity contribution in [2.75, 3.05) is 19.1 Å². The highest BCUT2D eigenvalue weighted by Gasteiger charge is 2.47. The monoisotopic (exact) mass is 300 g/mol. The van der Waals surface area contributed by atoms with Crippen LogP contribution in [0.4, 0.5) is 0 Å². The molecule has 0 bridgehead atoms. The average molecular weight is 301 g/mol. The highest BCUT2D eigenvalue weighted by Crippen LogP contribution is 2.31. The lowest BCUT2D eigenvalue weighted by atomic mass is 9.81. The van der Waals surface area contributed by atoms with E-state index in [2.05, 4.69) is 11.8 Å². The summed E-state index contributed by atoms with van der Waals surface area (Å²) in [5.74, 6) is 4.55. The Hall–Kier alpha value is -1.47. The van der Waals surface area contributed by atoms with Gasteiger partial charge in [0.1, 0.15) is 0 Å². The molecule has 0 aliphatic rings. The van der Waals surface area contributed by atoms with E-state index in [1.54, 1.807) is 32.9 Å². The molecule has 0 amide bonds. The first kappa shape index (κ1) is 18.5. The number of ether oxygens (including phenoxy) is 2. The SMILES string of the molecule is CC#CCC(C/C=C\CCl)(C(=O)OCC)C(=O)OCC. The van der Waals surface area contributed by atoms with Gasteiger partial charge in [-0.25, -0.2) is 0 Å². The Labute approximate surface area is 125 Å². The first-order valence-corrected chi connectivity index (χ1v) is 7.07. The normalized spacial score (nSPS) is 10.8. The Balaban J connectivity index is 5.46. The van der Waals surface area contributed by atoms with Crippen LogP contribution in [0.15, 0.2) is 12.2 Å². The van der Waals surface area contributed by atoms with Crippen molar-refractivity contribution in [1.82, 2.24) is 0 Å². The molecule has 0 aromatic carbocycles. The number of halogens is 1. The fourth-order valence-electron chi connectivity index (χ4n) is 1.59. The topological polar surface area (TPSA) is 52.6 Å². The van der Waals surface area contributed by atoms with Crippen LogP contribution in [0.2, 0.25) is 0 Å². The maximum Gasteiger partial charge on any atom is 0.324 e. The quantitative estimate of drug-likeness (QED) is 0.227. The number of allylic oxidation sites excluding steroid dienone is 2. The Morgan fingerprint density at radius 1 is 1.15 bits per heavy atom. The van der Waals surface area contributed by atoms with E-state index in [0.717, 1.165) is 0 Å². The van der Waals surface area contributed by atoms with Gasteiger partial charge in [0, 0.05) is 12.3 Å². The molecule has 0 aliphatic heterocycles.